The van der Waals surface area contributed by atoms with Gasteiger partial charge in [-0.05, 0) is 37.0 Å². The molecule has 1 aliphatic carbocycles. The minimum absolute atomic E-state index is 0.0708. The Morgan fingerprint density at radius 2 is 2.13 bits per heavy atom. The van der Waals surface area contributed by atoms with E-state index in [9.17, 15) is 4.79 Å². The maximum absolute atomic E-state index is 13.2. The van der Waals surface area contributed by atoms with Crippen molar-refractivity contribution in [1.29, 1.82) is 0 Å². The molecule has 2 aliphatic heterocycles. The van der Waals surface area contributed by atoms with Gasteiger partial charge in [-0.25, -0.2) is 9.97 Å². The Kier molecular flexibility index (Phi) is 5.39. The number of nitrogens with one attached hydrogen (secondary N) is 1. The molecule has 1 N–H and O–H groups in total. The molecule has 0 radical (unpaired) electrons. The molecule has 0 spiro atoms. The van der Waals surface area contributed by atoms with Crippen molar-refractivity contribution < 1.29 is 14.3 Å². The molecule has 0 unspecified atom stereocenters. The summed E-state index contributed by atoms with van der Waals surface area (Å²) in [6, 6.07) is 8.27. The molecular weight excluding hydrogens is 380 g/mol. The van der Waals surface area contributed by atoms with Crippen molar-refractivity contribution in [2.24, 2.45) is 5.92 Å². The van der Waals surface area contributed by atoms with Gasteiger partial charge in [-0.1, -0.05) is 12.1 Å². The number of aromatic nitrogens is 2. The van der Waals surface area contributed by atoms with Gasteiger partial charge in [0.05, 0.1) is 32.1 Å². The summed E-state index contributed by atoms with van der Waals surface area (Å²) in [7, 11) is 1.66. The Labute approximate surface area is 176 Å². The predicted molar refractivity (Wildman–Crippen MR) is 111 cm³/mol. The summed E-state index contributed by atoms with van der Waals surface area (Å²) in [6.45, 7) is 2.86. The first kappa shape index (κ1) is 19.5. The van der Waals surface area contributed by atoms with Gasteiger partial charge in [0, 0.05) is 43.2 Å². The van der Waals surface area contributed by atoms with E-state index < -0.39 is 0 Å². The van der Waals surface area contributed by atoms with E-state index >= 15 is 0 Å². The molecule has 7 heteroatoms. The van der Waals surface area contributed by atoms with E-state index in [1.807, 2.05) is 35.4 Å². The summed E-state index contributed by atoms with van der Waals surface area (Å²) in [4.78, 5) is 24.4. The van der Waals surface area contributed by atoms with E-state index in [1.165, 1.54) is 0 Å². The lowest BCUT2D eigenvalue weighted by Crippen LogP contribution is -2.53. The number of carbonyl (C=O) groups is 1. The Morgan fingerprint density at radius 3 is 2.97 bits per heavy atom. The van der Waals surface area contributed by atoms with Gasteiger partial charge in [0.2, 0.25) is 5.91 Å². The van der Waals surface area contributed by atoms with E-state index in [-0.39, 0.29) is 17.9 Å². The molecule has 158 valence electrons. The number of fused-ring (bicyclic) bond motifs is 2. The van der Waals surface area contributed by atoms with E-state index in [0.29, 0.717) is 25.6 Å². The monoisotopic (exact) mass is 408 g/mol. The highest BCUT2D eigenvalue weighted by molar-refractivity contribution is 5.79. The average molecular weight is 409 g/mol. The first-order chi connectivity index (χ1) is 14.7. The average Bonchev–Trinajstić information content (AvgIpc) is 3.22. The summed E-state index contributed by atoms with van der Waals surface area (Å²) in [6.07, 6.45) is 5.56. The molecule has 3 atom stereocenters. The maximum atomic E-state index is 13.2. The molecule has 5 rings (SSSR count). The number of rotatable bonds is 4. The molecule has 2 aromatic rings. The van der Waals surface area contributed by atoms with Crippen LogP contribution in [0.25, 0.3) is 0 Å². The number of nitrogens with zero attached hydrogens (tertiary/aromatic N) is 3. The van der Waals surface area contributed by atoms with Crippen LogP contribution < -0.4 is 10.1 Å². The van der Waals surface area contributed by atoms with E-state index in [1.54, 1.807) is 7.11 Å². The summed E-state index contributed by atoms with van der Waals surface area (Å²) in [5, 5.41) is 3.53. The molecule has 3 heterocycles. The van der Waals surface area contributed by atoms with Crippen LogP contribution in [0.1, 0.15) is 41.9 Å². The lowest BCUT2D eigenvalue weighted by molar-refractivity contribution is -0.139. The van der Waals surface area contributed by atoms with Gasteiger partial charge < -0.3 is 19.7 Å². The number of amides is 1. The second-order valence-corrected chi connectivity index (χ2v) is 8.46. The molecule has 1 saturated heterocycles. The molecule has 3 aliphatic rings. The predicted octanol–water partition coefficient (Wildman–Crippen LogP) is 2.08. The minimum Gasteiger partial charge on any atom is -0.497 e. The molecule has 1 aromatic heterocycles. The highest BCUT2D eigenvalue weighted by Gasteiger charge is 2.38. The van der Waals surface area contributed by atoms with Crippen molar-refractivity contribution in [3.63, 3.8) is 0 Å². The van der Waals surface area contributed by atoms with Crippen LogP contribution in [-0.4, -0.2) is 53.2 Å². The molecule has 1 amide bonds. The van der Waals surface area contributed by atoms with Crippen molar-refractivity contribution in [3.8, 4) is 5.75 Å². The Bertz CT molecular complexity index is 917. The van der Waals surface area contributed by atoms with Crippen LogP contribution in [0.15, 0.2) is 30.5 Å². The van der Waals surface area contributed by atoms with Crippen molar-refractivity contribution in [1.82, 2.24) is 20.2 Å². The quantitative estimate of drug-likeness (QED) is 0.835. The van der Waals surface area contributed by atoms with Crippen LogP contribution in [0.2, 0.25) is 0 Å². The van der Waals surface area contributed by atoms with E-state index in [0.717, 1.165) is 60.8 Å². The second-order valence-electron chi connectivity index (χ2n) is 8.46. The van der Waals surface area contributed by atoms with Gasteiger partial charge in [-0.15, -0.1) is 0 Å². The van der Waals surface area contributed by atoms with Crippen LogP contribution >= 0.6 is 0 Å². The Morgan fingerprint density at radius 1 is 1.27 bits per heavy atom. The number of benzene rings is 1. The lowest BCUT2D eigenvalue weighted by atomic mass is 9.82. The van der Waals surface area contributed by atoms with E-state index in [2.05, 4.69) is 10.3 Å². The highest BCUT2D eigenvalue weighted by Crippen LogP contribution is 2.32. The standard InChI is InChI=1S/C23H28N4O3/c1-29-18-5-2-15(3-6-18)10-22-25-12-17-13-27(14-20(17)26-22)23(28)16-4-7-21-19(11-16)24-8-9-30-21/h2-3,5-6,12,16,19,21,24H,4,7-11,13-14H2,1H3/t16-,19+,21+/m0/s1. The van der Waals surface area contributed by atoms with Crippen LogP contribution in [0.4, 0.5) is 0 Å². The van der Waals surface area contributed by atoms with Gasteiger partial charge in [0.25, 0.3) is 0 Å². The molecular formula is C23H28N4O3. The number of morpholine rings is 1. The van der Waals surface area contributed by atoms with E-state index in [4.69, 9.17) is 14.5 Å². The van der Waals surface area contributed by atoms with Crippen LogP contribution in [0.3, 0.4) is 0 Å². The molecule has 7 nitrogen and oxygen atoms in total. The van der Waals surface area contributed by atoms with Gasteiger partial charge in [-0.2, -0.15) is 0 Å². The molecule has 30 heavy (non-hydrogen) atoms. The van der Waals surface area contributed by atoms with Gasteiger partial charge in [0.15, 0.2) is 0 Å². The zero-order chi connectivity index (χ0) is 20.5. The summed E-state index contributed by atoms with van der Waals surface area (Å²) >= 11 is 0. The largest absolute Gasteiger partial charge is 0.497 e. The fourth-order valence-electron chi connectivity index (χ4n) is 4.86. The summed E-state index contributed by atoms with van der Waals surface area (Å²) in [5.74, 6) is 1.95. The van der Waals surface area contributed by atoms with Gasteiger partial charge >= 0.3 is 0 Å². The van der Waals surface area contributed by atoms with Crippen LogP contribution in [-0.2, 0) is 29.0 Å². The Balaban J connectivity index is 1.22. The van der Waals surface area contributed by atoms with Crippen LogP contribution in [0, 0.1) is 5.92 Å². The number of carbonyl (C=O) groups excluding carboxylic acids is 1. The van der Waals surface area contributed by atoms with Gasteiger partial charge in [-0.3, -0.25) is 4.79 Å². The second kappa shape index (κ2) is 8.32. The van der Waals surface area contributed by atoms with Crippen molar-refractivity contribution in [2.75, 3.05) is 20.3 Å². The molecule has 1 saturated carbocycles. The molecule has 1 aromatic carbocycles. The fourth-order valence-corrected chi connectivity index (χ4v) is 4.86. The third-order valence-electron chi connectivity index (χ3n) is 6.52. The van der Waals surface area contributed by atoms with Gasteiger partial charge in [0.1, 0.15) is 11.6 Å². The first-order valence-corrected chi connectivity index (χ1v) is 10.8. The summed E-state index contributed by atoms with van der Waals surface area (Å²) in [5.41, 5.74) is 3.19. The number of hydrogen-bond donors (Lipinski definition) is 1. The topological polar surface area (TPSA) is 76.6 Å². The zero-order valence-electron chi connectivity index (χ0n) is 17.3. The zero-order valence-corrected chi connectivity index (χ0v) is 17.3. The third-order valence-corrected chi connectivity index (χ3v) is 6.52. The lowest BCUT2D eigenvalue weighted by Gasteiger charge is -2.40. The van der Waals surface area contributed by atoms with Crippen molar-refractivity contribution in [3.05, 3.63) is 53.1 Å². The molecule has 2 fully saturated rings. The minimum atomic E-state index is 0.0708. The van der Waals surface area contributed by atoms with Crippen molar-refractivity contribution in [2.45, 2.75) is 50.9 Å². The SMILES string of the molecule is COc1ccc(Cc2ncc3c(n2)CN(C(=O)[C@H]2CC[C@H]4OCCN[C@@H]4C2)C3)cc1. The fraction of sp³-hybridized carbons (Fsp3) is 0.522. The maximum Gasteiger partial charge on any atom is 0.226 e. The number of ether oxygens (including phenoxy) is 2. The third kappa shape index (κ3) is 3.91. The highest BCUT2D eigenvalue weighted by atomic mass is 16.5. The smallest absolute Gasteiger partial charge is 0.226 e. The van der Waals surface area contributed by atoms with Crippen LogP contribution in [0.5, 0.6) is 5.75 Å². The summed E-state index contributed by atoms with van der Waals surface area (Å²) < 4.78 is 11.1. The first-order valence-electron chi connectivity index (χ1n) is 10.8. The molecule has 0 bridgehead atoms. The normalized spacial score (nSPS) is 25.5. The van der Waals surface area contributed by atoms with Crippen molar-refractivity contribution >= 4 is 5.91 Å². The Hall–Kier alpha value is -2.51. The number of hydrogen-bond acceptors (Lipinski definition) is 6. The number of methoxy groups -OCH3 is 1.